The monoisotopic (exact) mass is 553 g/mol. The summed E-state index contributed by atoms with van der Waals surface area (Å²) < 4.78 is 7.87. The number of nitrogens with zero attached hydrogens (tertiary/aromatic N) is 3. The van der Waals surface area contributed by atoms with E-state index in [1.165, 1.54) is 29.3 Å². The number of amides is 1. The third kappa shape index (κ3) is 4.84. The predicted octanol–water partition coefficient (Wildman–Crippen LogP) is 6.56. The fourth-order valence-electron chi connectivity index (χ4n) is 6.04. The molecule has 1 amide bonds. The normalized spacial score (nSPS) is 16.7. The number of pyridine rings is 1. The van der Waals surface area contributed by atoms with Crippen LogP contribution in [-0.2, 0) is 4.79 Å². The Labute approximate surface area is 241 Å². The fraction of sp³-hybridized carbons (Fsp3) is 0.281. The van der Waals surface area contributed by atoms with Gasteiger partial charge in [0.05, 0.1) is 36.3 Å². The molecule has 1 saturated heterocycles. The molecule has 8 heteroatoms. The zero-order valence-corrected chi connectivity index (χ0v) is 24.8. The van der Waals surface area contributed by atoms with Gasteiger partial charge in [0, 0.05) is 30.2 Å². The molecule has 2 unspecified atom stereocenters. The molecular weight excluding hydrogens is 518 g/mol. The first-order chi connectivity index (χ1) is 19.1. The SMILES string of the molecule is COc1ccc(N2C(=S)NC(c3ccccn3)C2c2cc(C)n(-c3c(C)cc(C)cc3C)c2C)cc1NC(C)=O. The molecule has 7 nitrogen and oxygen atoms in total. The smallest absolute Gasteiger partial charge is 0.221 e. The van der Waals surface area contributed by atoms with Crippen LogP contribution in [0.3, 0.4) is 0 Å². The summed E-state index contributed by atoms with van der Waals surface area (Å²) in [5, 5.41) is 7.03. The molecule has 2 aromatic heterocycles. The quantitative estimate of drug-likeness (QED) is 0.264. The number of nitrogens with one attached hydrogen (secondary N) is 2. The zero-order valence-electron chi connectivity index (χ0n) is 24.0. The molecule has 0 bridgehead atoms. The van der Waals surface area contributed by atoms with Crippen LogP contribution in [0.25, 0.3) is 5.69 Å². The second-order valence-electron chi connectivity index (χ2n) is 10.5. The van der Waals surface area contributed by atoms with Crippen molar-refractivity contribution in [3.8, 4) is 11.4 Å². The Bertz CT molecular complexity index is 1590. The van der Waals surface area contributed by atoms with Crippen LogP contribution in [0, 0.1) is 34.6 Å². The molecule has 206 valence electrons. The average Bonchev–Trinajstić information content (AvgIpc) is 3.39. The maximum atomic E-state index is 12.0. The highest BCUT2D eigenvalue weighted by Crippen LogP contribution is 2.45. The first-order valence-electron chi connectivity index (χ1n) is 13.3. The van der Waals surface area contributed by atoms with Crippen molar-refractivity contribution in [2.75, 3.05) is 17.3 Å². The van der Waals surface area contributed by atoms with Gasteiger partial charge in [-0.2, -0.15) is 0 Å². The van der Waals surface area contributed by atoms with Gasteiger partial charge in [-0.3, -0.25) is 9.78 Å². The standard InChI is InChI=1S/C32H35N5O2S/c1-18-14-19(2)30(20(3)15-18)36-21(4)16-25(22(36)5)31-29(26-10-8-9-13-33-26)35-32(40)37(31)24-11-12-28(39-7)27(17-24)34-23(6)38/h8-17,29,31H,1-7H3,(H,34,38)(H,35,40). The van der Waals surface area contributed by atoms with Gasteiger partial charge in [0.25, 0.3) is 0 Å². The van der Waals surface area contributed by atoms with Crippen molar-refractivity contribution in [3.63, 3.8) is 0 Å². The van der Waals surface area contributed by atoms with Crippen molar-refractivity contribution in [2.45, 2.75) is 53.6 Å². The molecule has 3 heterocycles. The molecule has 40 heavy (non-hydrogen) atoms. The Balaban J connectivity index is 1.71. The van der Waals surface area contributed by atoms with Crippen molar-refractivity contribution in [1.29, 1.82) is 0 Å². The number of methoxy groups -OCH3 is 1. The highest BCUT2D eigenvalue weighted by Gasteiger charge is 2.42. The van der Waals surface area contributed by atoms with Crippen molar-refractivity contribution in [2.24, 2.45) is 0 Å². The van der Waals surface area contributed by atoms with Gasteiger partial charge in [-0.05, 0) is 99.9 Å². The molecule has 0 radical (unpaired) electrons. The van der Waals surface area contributed by atoms with E-state index in [-0.39, 0.29) is 18.0 Å². The van der Waals surface area contributed by atoms with E-state index >= 15 is 0 Å². The number of benzene rings is 2. The zero-order chi connectivity index (χ0) is 28.7. The Kier molecular flexibility index (Phi) is 7.38. The first-order valence-corrected chi connectivity index (χ1v) is 13.7. The highest BCUT2D eigenvalue weighted by atomic mass is 32.1. The summed E-state index contributed by atoms with van der Waals surface area (Å²) in [5.74, 6) is 0.409. The molecule has 1 aliphatic rings. The number of aromatic nitrogens is 2. The van der Waals surface area contributed by atoms with Gasteiger partial charge in [0.2, 0.25) is 5.91 Å². The molecule has 2 atom stereocenters. The van der Waals surface area contributed by atoms with Gasteiger partial charge in [0.15, 0.2) is 5.11 Å². The van der Waals surface area contributed by atoms with Crippen LogP contribution in [0.2, 0.25) is 0 Å². The third-order valence-electron chi connectivity index (χ3n) is 7.52. The first kappa shape index (κ1) is 27.4. The van der Waals surface area contributed by atoms with E-state index in [2.05, 4.69) is 72.9 Å². The van der Waals surface area contributed by atoms with Gasteiger partial charge < -0.3 is 24.8 Å². The summed E-state index contributed by atoms with van der Waals surface area (Å²) >= 11 is 5.96. The molecule has 0 saturated carbocycles. The Morgan fingerprint density at radius 3 is 2.38 bits per heavy atom. The molecule has 2 aromatic carbocycles. The van der Waals surface area contributed by atoms with E-state index in [0.29, 0.717) is 16.5 Å². The van der Waals surface area contributed by atoms with Crippen molar-refractivity contribution < 1.29 is 9.53 Å². The van der Waals surface area contributed by atoms with Crippen LogP contribution in [-0.4, -0.2) is 27.7 Å². The van der Waals surface area contributed by atoms with Gasteiger partial charge in [-0.1, -0.05) is 23.8 Å². The second-order valence-corrected chi connectivity index (χ2v) is 10.9. The molecule has 5 rings (SSSR count). The van der Waals surface area contributed by atoms with Gasteiger partial charge >= 0.3 is 0 Å². The van der Waals surface area contributed by atoms with Crippen molar-refractivity contribution in [3.05, 3.63) is 100 Å². The number of aryl methyl sites for hydroxylation is 4. The second kappa shape index (κ2) is 10.8. The maximum absolute atomic E-state index is 12.0. The van der Waals surface area contributed by atoms with E-state index in [1.54, 1.807) is 7.11 Å². The molecule has 2 N–H and O–H groups in total. The van der Waals surface area contributed by atoms with Crippen molar-refractivity contribution in [1.82, 2.24) is 14.9 Å². The van der Waals surface area contributed by atoms with Crippen LogP contribution in [0.1, 0.15) is 58.3 Å². The van der Waals surface area contributed by atoms with Crippen LogP contribution in [0.5, 0.6) is 5.75 Å². The molecule has 4 aromatic rings. The number of carbonyl (C=O) groups excluding carboxylic acids is 1. The Morgan fingerprint density at radius 2 is 1.75 bits per heavy atom. The minimum Gasteiger partial charge on any atom is -0.495 e. The minimum absolute atomic E-state index is 0.173. The number of hydrogen-bond acceptors (Lipinski definition) is 4. The van der Waals surface area contributed by atoms with Crippen molar-refractivity contribution >= 4 is 34.6 Å². The lowest BCUT2D eigenvalue weighted by molar-refractivity contribution is -0.114. The van der Waals surface area contributed by atoms with Crippen LogP contribution in [0.4, 0.5) is 11.4 Å². The number of thiocarbonyl (C=S) groups is 1. The number of carbonyl (C=O) groups is 1. The van der Waals surface area contributed by atoms with E-state index in [4.69, 9.17) is 21.9 Å². The van der Waals surface area contributed by atoms with E-state index in [9.17, 15) is 4.79 Å². The van der Waals surface area contributed by atoms with E-state index < -0.39 is 0 Å². The summed E-state index contributed by atoms with van der Waals surface area (Å²) in [6, 6.07) is 18.0. The van der Waals surface area contributed by atoms with E-state index in [0.717, 1.165) is 28.3 Å². The average molecular weight is 554 g/mol. The number of anilines is 2. The maximum Gasteiger partial charge on any atom is 0.221 e. The number of ether oxygens (including phenoxy) is 1. The Hall–Kier alpha value is -4.17. The van der Waals surface area contributed by atoms with Gasteiger partial charge in [-0.15, -0.1) is 0 Å². The summed E-state index contributed by atoms with van der Waals surface area (Å²) in [6.07, 6.45) is 1.81. The Morgan fingerprint density at radius 1 is 1.02 bits per heavy atom. The van der Waals surface area contributed by atoms with Gasteiger partial charge in [0.1, 0.15) is 5.75 Å². The van der Waals surface area contributed by atoms with Crippen LogP contribution in [0.15, 0.2) is 60.8 Å². The van der Waals surface area contributed by atoms with E-state index in [1.807, 2.05) is 42.6 Å². The van der Waals surface area contributed by atoms with Crippen LogP contribution < -0.4 is 20.3 Å². The lowest BCUT2D eigenvalue weighted by Gasteiger charge is -2.29. The predicted molar refractivity (Wildman–Crippen MR) is 165 cm³/mol. The lowest BCUT2D eigenvalue weighted by Crippen LogP contribution is -2.29. The topological polar surface area (TPSA) is 71.4 Å². The lowest BCUT2D eigenvalue weighted by atomic mass is 9.96. The summed E-state index contributed by atoms with van der Waals surface area (Å²) in [7, 11) is 1.59. The summed E-state index contributed by atoms with van der Waals surface area (Å²) in [6.45, 7) is 12.3. The molecule has 1 aliphatic heterocycles. The molecular formula is C32H35N5O2S. The molecule has 1 fully saturated rings. The fourth-order valence-corrected chi connectivity index (χ4v) is 6.38. The summed E-state index contributed by atoms with van der Waals surface area (Å²) in [4.78, 5) is 18.8. The van der Waals surface area contributed by atoms with Gasteiger partial charge in [-0.25, -0.2) is 0 Å². The molecule has 0 aliphatic carbocycles. The van der Waals surface area contributed by atoms with Crippen LogP contribution >= 0.6 is 12.2 Å². The summed E-state index contributed by atoms with van der Waals surface area (Å²) in [5.41, 5.74) is 10.7. The highest BCUT2D eigenvalue weighted by molar-refractivity contribution is 7.80. The number of rotatable bonds is 6. The third-order valence-corrected chi connectivity index (χ3v) is 7.83. The number of hydrogen-bond donors (Lipinski definition) is 2. The molecule has 0 spiro atoms. The largest absolute Gasteiger partial charge is 0.495 e. The minimum atomic E-state index is -0.188.